The van der Waals surface area contributed by atoms with Gasteiger partial charge in [0.15, 0.2) is 0 Å². The first kappa shape index (κ1) is 17.5. The minimum absolute atomic E-state index is 0.163. The Morgan fingerprint density at radius 1 is 1.24 bits per heavy atom. The zero-order valence-corrected chi connectivity index (χ0v) is 16.0. The van der Waals surface area contributed by atoms with Crippen LogP contribution in [0.5, 0.6) is 0 Å². The molecule has 2 N–H and O–H groups in total. The maximum absolute atomic E-state index is 12.7. The molecule has 1 heterocycles. The maximum Gasteiger partial charge on any atom is 0.280 e. The van der Waals surface area contributed by atoms with Crippen LogP contribution in [0.3, 0.4) is 0 Å². The average molecular weight is 420 g/mol. The van der Waals surface area contributed by atoms with Gasteiger partial charge in [0, 0.05) is 10.2 Å². The molecule has 0 saturated heterocycles. The van der Waals surface area contributed by atoms with Crippen LogP contribution in [0.4, 0.5) is 5.69 Å². The third-order valence-electron chi connectivity index (χ3n) is 3.77. The van der Waals surface area contributed by atoms with E-state index in [0.717, 1.165) is 21.4 Å². The Kier molecular flexibility index (Phi) is 5.11. The summed E-state index contributed by atoms with van der Waals surface area (Å²) in [5, 5.41) is 7.78. The van der Waals surface area contributed by atoms with Crippen molar-refractivity contribution in [1.82, 2.24) is 9.78 Å². The fourth-order valence-corrected chi connectivity index (χ4v) is 2.80. The van der Waals surface area contributed by atoms with E-state index in [1.54, 1.807) is 6.07 Å². The number of hydrazone groups is 1. The minimum atomic E-state index is -0.163. The van der Waals surface area contributed by atoms with E-state index in [9.17, 15) is 4.79 Å². The van der Waals surface area contributed by atoms with Gasteiger partial charge < -0.3 is 0 Å². The van der Waals surface area contributed by atoms with Crippen LogP contribution in [0, 0.1) is 13.8 Å². The lowest BCUT2D eigenvalue weighted by molar-refractivity contribution is 0.834. The standard InChI is InChI=1S/C18H16BrClN4O/c1-11-9-13(7-8-15(11)19)24-18(25)14(12(2)23-24)10-21-22-17-6-4-3-5-16(17)20/h3-10,22-23H,1-2H3. The van der Waals surface area contributed by atoms with Crippen LogP contribution in [0.15, 0.2) is 56.8 Å². The van der Waals surface area contributed by atoms with Gasteiger partial charge in [0.25, 0.3) is 5.56 Å². The second kappa shape index (κ2) is 7.29. The van der Waals surface area contributed by atoms with Gasteiger partial charge in [0.2, 0.25) is 0 Å². The van der Waals surface area contributed by atoms with Gasteiger partial charge in [-0.1, -0.05) is 39.7 Å². The monoisotopic (exact) mass is 418 g/mol. The Balaban J connectivity index is 1.89. The number of nitrogens with one attached hydrogen (secondary N) is 2. The fourth-order valence-electron chi connectivity index (χ4n) is 2.38. The molecule has 0 fully saturated rings. The zero-order valence-electron chi connectivity index (χ0n) is 13.7. The predicted octanol–water partition coefficient (Wildman–Crippen LogP) is 4.64. The summed E-state index contributed by atoms with van der Waals surface area (Å²) in [5.74, 6) is 0. The second-order valence-corrected chi connectivity index (χ2v) is 6.84. The number of halogens is 2. The molecule has 5 nitrogen and oxygen atoms in total. The van der Waals surface area contributed by atoms with Crippen molar-refractivity contribution in [2.24, 2.45) is 5.10 Å². The highest BCUT2D eigenvalue weighted by molar-refractivity contribution is 9.10. The number of nitrogens with zero attached hydrogens (tertiary/aromatic N) is 2. The van der Waals surface area contributed by atoms with Gasteiger partial charge in [0.05, 0.1) is 28.2 Å². The van der Waals surface area contributed by atoms with E-state index in [-0.39, 0.29) is 5.56 Å². The van der Waals surface area contributed by atoms with Gasteiger partial charge in [-0.15, -0.1) is 0 Å². The van der Waals surface area contributed by atoms with Crippen LogP contribution in [0.25, 0.3) is 5.69 Å². The van der Waals surface area contributed by atoms with Crippen LogP contribution in [0.1, 0.15) is 16.8 Å². The molecule has 0 bridgehead atoms. The smallest absolute Gasteiger partial charge is 0.280 e. The third-order valence-corrected chi connectivity index (χ3v) is 4.99. The lowest BCUT2D eigenvalue weighted by Crippen LogP contribution is -2.17. The Morgan fingerprint density at radius 3 is 2.72 bits per heavy atom. The number of hydrogen-bond donors (Lipinski definition) is 2. The summed E-state index contributed by atoms with van der Waals surface area (Å²) in [7, 11) is 0. The number of aryl methyl sites for hydroxylation is 2. The van der Waals surface area contributed by atoms with Gasteiger partial charge in [-0.25, -0.2) is 4.68 Å². The molecule has 128 valence electrons. The summed E-state index contributed by atoms with van der Waals surface area (Å²) in [5.41, 5.74) is 6.40. The number of anilines is 1. The second-order valence-electron chi connectivity index (χ2n) is 5.57. The molecule has 1 aromatic heterocycles. The first-order chi connectivity index (χ1) is 12.0. The Morgan fingerprint density at radius 2 is 2.00 bits per heavy atom. The quantitative estimate of drug-likeness (QED) is 0.478. The molecule has 25 heavy (non-hydrogen) atoms. The molecule has 0 aliphatic rings. The van der Waals surface area contributed by atoms with Crippen LogP contribution < -0.4 is 11.0 Å². The topological polar surface area (TPSA) is 62.2 Å². The van der Waals surface area contributed by atoms with E-state index in [4.69, 9.17) is 11.6 Å². The molecule has 3 aromatic rings. The normalized spacial score (nSPS) is 11.2. The maximum atomic E-state index is 12.7. The van der Waals surface area contributed by atoms with E-state index < -0.39 is 0 Å². The van der Waals surface area contributed by atoms with Gasteiger partial charge in [-0.3, -0.25) is 15.3 Å². The summed E-state index contributed by atoms with van der Waals surface area (Å²) >= 11 is 9.53. The highest BCUT2D eigenvalue weighted by atomic mass is 79.9. The summed E-state index contributed by atoms with van der Waals surface area (Å²) < 4.78 is 2.50. The Labute approximate surface area is 158 Å². The van der Waals surface area contributed by atoms with Crippen molar-refractivity contribution in [3.05, 3.63) is 79.1 Å². The van der Waals surface area contributed by atoms with Crippen molar-refractivity contribution in [3.63, 3.8) is 0 Å². The zero-order chi connectivity index (χ0) is 18.0. The van der Waals surface area contributed by atoms with E-state index >= 15 is 0 Å². The van der Waals surface area contributed by atoms with Gasteiger partial charge in [0.1, 0.15) is 0 Å². The molecule has 0 aliphatic carbocycles. The predicted molar refractivity (Wildman–Crippen MR) is 106 cm³/mol. The number of hydrogen-bond acceptors (Lipinski definition) is 3. The molecule has 0 spiro atoms. The SMILES string of the molecule is Cc1cc(-n2[nH]c(C)c(C=NNc3ccccc3Cl)c2=O)ccc1Br. The van der Waals surface area contributed by atoms with E-state index in [1.807, 2.05) is 50.2 Å². The third kappa shape index (κ3) is 3.70. The first-order valence-electron chi connectivity index (χ1n) is 7.59. The van der Waals surface area contributed by atoms with Crippen molar-refractivity contribution in [2.75, 3.05) is 5.43 Å². The van der Waals surface area contributed by atoms with Crippen LogP contribution in [0.2, 0.25) is 5.02 Å². The number of benzene rings is 2. The molecule has 0 saturated carbocycles. The van der Waals surface area contributed by atoms with Gasteiger partial charge in [-0.2, -0.15) is 5.10 Å². The molecule has 2 aromatic carbocycles. The summed E-state index contributed by atoms with van der Waals surface area (Å²) in [6, 6.07) is 13.0. The number of rotatable bonds is 4. The molecule has 0 unspecified atom stereocenters. The van der Waals surface area contributed by atoms with Crippen molar-refractivity contribution < 1.29 is 0 Å². The van der Waals surface area contributed by atoms with E-state index in [1.165, 1.54) is 10.9 Å². The van der Waals surface area contributed by atoms with Crippen molar-refractivity contribution >= 4 is 39.4 Å². The van der Waals surface area contributed by atoms with Crippen LogP contribution >= 0.6 is 27.5 Å². The molecule has 0 aliphatic heterocycles. The molecule has 0 amide bonds. The lowest BCUT2D eigenvalue weighted by Gasteiger charge is -2.04. The van der Waals surface area contributed by atoms with E-state index in [0.29, 0.717) is 16.3 Å². The molecule has 0 atom stereocenters. The molecular formula is C18H16BrClN4O. The van der Waals surface area contributed by atoms with Gasteiger partial charge >= 0.3 is 0 Å². The average Bonchev–Trinajstić information content (AvgIpc) is 2.87. The van der Waals surface area contributed by atoms with E-state index in [2.05, 4.69) is 31.6 Å². The number of aromatic nitrogens is 2. The van der Waals surface area contributed by atoms with Crippen molar-refractivity contribution in [2.45, 2.75) is 13.8 Å². The highest BCUT2D eigenvalue weighted by Gasteiger charge is 2.11. The summed E-state index contributed by atoms with van der Waals surface area (Å²) in [6.07, 6.45) is 1.50. The number of H-pyrrole nitrogens is 1. The largest absolute Gasteiger partial charge is 0.295 e. The van der Waals surface area contributed by atoms with Crippen molar-refractivity contribution in [1.29, 1.82) is 0 Å². The Bertz CT molecular complexity index is 1010. The number of para-hydroxylation sites is 1. The van der Waals surface area contributed by atoms with Crippen LogP contribution in [-0.4, -0.2) is 16.0 Å². The molecule has 7 heteroatoms. The Hall–Kier alpha value is -2.31. The van der Waals surface area contributed by atoms with Crippen molar-refractivity contribution in [3.8, 4) is 5.69 Å². The lowest BCUT2D eigenvalue weighted by atomic mass is 10.2. The van der Waals surface area contributed by atoms with Gasteiger partial charge in [-0.05, 0) is 49.7 Å². The summed E-state index contributed by atoms with van der Waals surface area (Å²) in [6.45, 7) is 3.81. The number of aromatic amines is 1. The fraction of sp³-hybridized carbons (Fsp3) is 0.111. The minimum Gasteiger partial charge on any atom is -0.295 e. The molecule has 3 rings (SSSR count). The summed E-state index contributed by atoms with van der Waals surface area (Å²) in [4.78, 5) is 12.7. The molecule has 0 radical (unpaired) electrons. The highest BCUT2D eigenvalue weighted by Crippen LogP contribution is 2.20. The first-order valence-corrected chi connectivity index (χ1v) is 8.76. The van der Waals surface area contributed by atoms with Crippen LogP contribution in [-0.2, 0) is 0 Å². The molecular weight excluding hydrogens is 404 g/mol.